The van der Waals surface area contributed by atoms with Crippen molar-refractivity contribution in [3.8, 4) is 0 Å². The van der Waals surface area contributed by atoms with Gasteiger partial charge in [0.1, 0.15) is 17.7 Å². The van der Waals surface area contributed by atoms with Gasteiger partial charge < -0.3 is 4.90 Å². The summed E-state index contributed by atoms with van der Waals surface area (Å²) in [6.45, 7) is 1.64. The van der Waals surface area contributed by atoms with Gasteiger partial charge in [0.2, 0.25) is 15.9 Å². The lowest BCUT2D eigenvalue weighted by molar-refractivity contribution is -0.123. The zero-order valence-electron chi connectivity index (χ0n) is 13.4. The first-order chi connectivity index (χ1) is 11.8. The number of sulfonamides is 1. The molecule has 1 fully saturated rings. The highest BCUT2D eigenvalue weighted by atomic mass is 32.2. The van der Waals surface area contributed by atoms with Gasteiger partial charge in [-0.3, -0.25) is 4.79 Å². The lowest BCUT2D eigenvalue weighted by atomic mass is 10.2. The van der Waals surface area contributed by atoms with E-state index in [2.05, 4.69) is 0 Å². The van der Waals surface area contributed by atoms with Gasteiger partial charge in [-0.25, -0.2) is 17.2 Å². The zero-order valence-corrected chi connectivity index (χ0v) is 14.2. The van der Waals surface area contributed by atoms with Gasteiger partial charge in [0, 0.05) is 18.8 Å². The standard InChI is InChI=1S/C17H16F2N2O3S/c1-12-17(22)20(15-4-2-3-14(19)11-15)9-10-21(12)25(23,24)16-7-5-13(18)6-8-16/h2-8,11-12H,9-10H2,1H3. The molecule has 0 bridgehead atoms. The summed E-state index contributed by atoms with van der Waals surface area (Å²) < 4.78 is 52.9. The number of anilines is 1. The molecule has 1 amide bonds. The van der Waals surface area contributed by atoms with Crippen LogP contribution in [0, 0.1) is 11.6 Å². The van der Waals surface area contributed by atoms with Crippen molar-refractivity contribution >= 4 is 21.6 Å². The van der Waals surface area contributed by atoms with Crippen molar-refractivity contribution in [1.29, 1.82) is 0 Å². The van der Waals surface area contributed by atoms with E-state index >= 15 is 0 Å². The van der Waals surface area contributed by atoms with Crippen molar-refractivity contribution in [2.45, 2.75) is 17.9 Å². The van der Waals surface area contributed by atoms with Crippen molar-refractivity contribution in [3.63, 3.8) is 0 Å². The molecule has 5 nitrogen and oxygen atoms in total. The number of carbonyl (C=O) groups is 1. The topological polar surface area (TPSA) is 57.7 Å². The number of hydrogen-bond acceptors (Lipinski definition) is 3. The lowest BCUT2D eigenvalue weighted by Crippen LogP contribution is -2.57. The second kappa shape index (κ2) is 6.53. The maximum Gasteiger partial charge on any atom is 0.245 e. The Morgan fingerprint density at radius 3 is 2.32 bits per heavy atom. The van der Waals surface area contributed by atoms with Crippen LogP contribution in [0.2, 0.25) is 0 Å². The van der Waals surface area contributed by atoms with Crippen molar-refractivity contribution in [2.24, 2.45) is 0 Å². The van der Waals surface area contributed by atoms with Crippen molar-refractivity contribution in [2.75, 3.05) is 18.0 Å². The Hall–Kier alpha value is -2.32. The molecule has 8 heteroatoms. The zero-order chi connectivity index (χ0) is 18.2. The number of amides is 1. The van der Waals surface area contributed by atoms with Crippen LogP contribution in [0.1, 0.15) is 6.92 Å². The highest BCUT2D eigenvalue weighted by molar-refractivity contribution is 7.89. The maximum atomic E-state index is 13.4. The minimum absolute atomic E-state index is 0.0587. The van der Waals surface area contributed by atoms with Crippen LogP contribution in [0.5, 0.6) is 0 Å². The van der Waals surface area contributed by atoms with Crippen LogP contribution in [0.3, 0.4) is 0 Å². The van der Waals surface area contributed by atoms with Crippen molar-refractivity contribution in [3.05, 3.63) is 60.2 Å². The van der Waals surface area contributed by atoms with Crippen molar-refractivity contribution in [1.82, 2.24) is 4.31 Å². The van der Waals surface area contributed by atoms with Gasteiger partial charge in [-0.05, 0) is 49.4 Å². The number of rotatable bonds is 3. The smallest absolute Gasteiger partial charge is 0.245 e. The predicted octanol–water partition coefficient (Wildman–Crippen LogP) is 2.39. The fourth-order valence-corrected chi connectivity index (χ4v) is 4.40. The average molecular weight is 366 g/mol. The van der Waals surface area contributed by atoms with Gasteiger partial charge in [0.05, 0.1) is 4.90 Å². The van der Waals surface area contributed by atoms with Crippen LogP contribution in [0.25, 0.3) is 0 Å². The van der Waals surface area contributed by atoms with E-state index in [4.69, 9.17) is 0 Å². The van der Waals surface area contributed by atoms with Crippen LogP contribution in [-0.2, 0) is 14.8 Å². The molecule has 0 saturated carbocycles. The Balaban J connectivity index is 1.87. The summed E-state index contributed by atoms with van der Waals surface area (Å²) >= 11 is 0. The van der Waals surface area contributed by atoms with Gasteiger partial charge in [-0.2, -0.15) is 4.31 Å². The molecule has 1 unspecified atom stereocenters. The van der Waals surface area contributed by atoms with E-state index in [1.807, 2.05) is 0 Å². The second-order valence-electron chi connectivity index (χ2n) is 5.72. The summed E-state index contributed by atoms with van der Waals surface area (Å²) in [5, 5.41) is 0. The molecular formula is C17H16F2N2O3S. The minimum atomic E-state index is -3.93. The van der Waals surface area contributed by atoms with Gasteiger partial charge in [0.15, 0.2) is 0 Å². The van der Waals surface area contributed by atoms with E-state index in [-0.39, 0.29) is 18.0 Å². The highest BCUT2D eigenvalue weighted by Gasteiger charge is 2.39. The van der Waals surface area contributed by atoms with Gasteiger partial charge in [-0.1, -0.05) is 6.07 Å². The van der Waals surface area contributed by atoms with E-state index in [9.17, 15) is 22.0 Å². The second-order valence-corrected chi connectivity index (χ2v) is 7.61. The van der Waals surface area contributed by atoms with E-state index in [0.29, 0.717) is 5.69 Å². The SMILES string of the molecule is CC1C(=O)N(c2cccc(F)c2)CCN1S(=O)(=O)c1ccc(F)cc1. The molecule has 3 rings (SSSR count). The number of hydrogen-bond donors (Lipinski definition) is 0. The normalized spacial score (nSPS) is 19.2. The Morgan fingerprint density at radius 1 is 1.00 bits per heavy atom. The van der Waals surface area contributed by atoms with Crippen LogP contribution in [0.4, 0.5) is 14.5 Å². The van der Waals surface area contributed by atoms with E-state index < -0.39 is 33.6 Å². The molecule has 0 aromatic heterocycles. The van der Waals surface area contributed by atoms with Crippen LogP contribution in [0.15, 0.2) is 53.4 Å². The Labute approximate surface area is 144 Å². The quantitative estimate of drug-likeness (QED) is 0.838. The van der Waals surface area contributed by atoms with Crippen LogP contribution >= 0.6 is 0 Å². The molecule has 0 N–H and O–H groups in total. The third kappa shape index (κ3) is 3.27. The van der Waals surface area contributed by atoms with Crippen LogP contribution < -0.4 is 4.90 Å². The molecule has 1 heterocycles. The summed E-state index contributed by atoms with van der Waals surface area (Å²) in [5.74, 6) is -1.46. The first kappa shape index (κ1) is 17.5. The number of carbonyl (C=O) groups excluding carboxylic acids is 1. The number of benzene rings is 2. The summed E-state index contributed by atoms with van der Waals surface area (Å²) in [5.41, 5.74) is 0.385. The first-order valence-corrected chi connectivity index (χ1v) is 9.09. The van der Waals surface area contributed by atoms with Gasteiger partial charge in [-0.15, -0.1) is 0 Å². The number of halogens is 2. The summed E-state index contributed by atoms with van der Waals surface area (Å²) in [6.07, 6.45) is 0. The molecule has 1 atom stereocenters. The molecule has 0 radical (unpaired) electrons. The Kier molecular flexibility index (Phi) is 4.57. The van der Waals surface area contributed by atoms with Gasteiger partial charge >= 0.3 is 0 Å². The molecule has 2 aromatic carbocycles. The highest BCUT2D eigenvalue weighted by Crippen LogP contribution is 2.26. The first-order valence-electron chi connectivity index (χ1n) is 7.65. The number of nitrogens with zero attached hydrogens (tertiary/aromatic N) is 2. The molecule has 1 aliphatic heterocycles. The monoisotopic (exact) mass is 366 g/mol. The molecule has 0 aliphatic carbocycles. The minimum Gasteiger partial charge on any atom is -0.310 e. The van der Waals surface area contributed by atoms with E-state index in [0.717, 1.165) is 16.4 Å². The molecule has 1 saturated heterocycles. The van der Waals surface area contributed by atoms with Gasteiger partial charge in [0.25, 0.3) is 0 Å². The largest absolute Gasteiger partial charge is 0.310 e. The molecular weight excluding hydrogens is 350 g/mol. The maximum absolute atomic E-state index is 13.4. The average Bonchev–Trinajstić information content (AvgIpc) is 2.57. The fraction of sp³-hybridized carbons (Fsp3) is 0.235. The molecule has 0 spiro atoms. The third-order valence-electron chi connectivity index (χ3n) is 4.14. The molecule has 1 aliphatic rings. The summed E-state index contributed by atoms with van der Waals surface area (Å²) in [7, 11) is -3.93. The Morgan fingerprint density at radius 2 is 1.68 bits per heavy atom. The van der Waals surface area contributed by atoms with E-state index in [1.165, 1.54) is 42.2 Å². The summed E-state index contributed by atoms with van der Waals surface area (Å²) in [6, 6.07) is 9.09. The van der Waals surface area contributed by atoms with Crippen LogP contribution in [-0.4, -0.2) is 37.8 Å². The lowest BCUT2D eigenvalue weighted by Gasteiger charge is -2.38. The fourth-order valence-electron chi connectivity index (χ4n) is 2.82. The Bertz CT molecular complexity index is 900. The van der Waals surface area contributed by atoms with E-state index in [1.54, 1.807) is 6.07 Å². The molecule has 132 valence electrons. The molecule has 25 heavy (non-hydrogen) atoms. The number of piperazine rings is 1. The predicted molar refractivity (Wildman–Crippen MR) is 88.5 cm³/mol. The third-order valence-corrected chi connectivity index (χ3v) is 6.12. The van der Waals surface area contributed by atoms with Crippen molar-refractivity contribution < 1.29 is 22.0 Å². The summed E-state index contributed by atoms with van der Waals surface area (Å²) in [4.78, 5) is 13.9. The molecule has 2 aromatic rings.